The molecule has 2 rings (SSSR count). The van der Waals surface area contributed by atoms with Gasteiger partial charge < -0.3 is 4.74 Å². The summed E-state index contributed by atoms with van der Waals surface area (Å²) in [7, 11) is 1.63. The summed E-state index contributed by atoms with van der Waals surface area (Å²) in [6.45, 7) is 0. The molecular formula is C14H10ClNOS. The molecular weight excluding hydrogens is 266 g/mol. The van der Waals surface area contributed by atoms with E-state index in [1.54, 1.807) is 19.2 Å². The Morgan fingerprint density at radius 2 is 1.89 bits per heavy atom. The lowest BCUT2D eigenvalue weighted by molar-refractivity contribution is 0.414. The van der Waals surface area contributed by atoms with E-state index in [-0.39, 0.29) is 0 Å². The van der Waals surface area contributed by atoms with E-state index in [0.717, 1.165) is 15.5 Å². The van der Waals surface area contributed by atoms with Gasteiger partial charge >= 0.3 is 0 Å². The highest BCUT2D eigenvalue weighted by Crippen LogP contribution is 2.32. The van der Waals surface area contributed by atoms with E-state index in [0.29, 0.717) is 10.6 Å². The van der Waals surface area contributed by atoms with Gasteiger partial charge in [0.2, 0.25) is 0 Å². The van der Waals surface area contributed by atoms with Crippen molar-refractivity contribution in [2.75, 3.05) is 7.11 Å². The van der Waals surface area contributed by atoms with Crippen LogP contribution in [0.2, 0.25) is 5.02 Å². The van der Waals surface area contributed by atoms with Gasteiger partial charge in [0.1, 0.15) is 11.8 Å². The van der Waals surface area contributed by atoms with E-state index in [9.17, 15) is 0 Å². The van der Waals surface area contributed by atoms with E-state index in [1.165, 1.54) is 11.8 Å². The number of halogens is 1. The summed E-state index contributed by atoms with van der Waals surface area (Å²) in [6, 6.07) is 15.2. The average Bonchev–Trinajstić information content (AvgIpc) is 2.41. The first-order chi connectivity index (χ1) is 8.72. The van der Waals surface area contributed by atoms with Crippen LogP contribution in [0.3, 0.4) is 0 Å². The van der Waals surface area contributed by atoms with Gasteiger partial charge in [-0.1, -0.05) is 23.4 Å². The van der Waals surface area contributed by atoms with Crippen LogP contribution in [0.4, 0.5) is 0 Å². The van der Waals surface area contributed by atoms with Gasteiger partial charge in [-0.15, -0.1) is 0 Å². The smallest absolute Gasteiger partial charge is 0.118 e. The number of hydrogen-bond donors (Lipinski definition) is 0. The first-order valence-corrected chi connectivity index (χ1v) is 6.44. The molecule has 0 atom stereocenters. The lowest BCUT2D eigenvalue weighted by Gasteiger charge is -2.05. The Bertz CT molecular complexity index is 590. The van der Waals surface area contributed by atoms with Crippen molar-refractivity contribution in [3.05, 3.63) is 53.1 Å². The van der Waals surface area contributed by atoms with Crippen molar-refractivity contribution in [1.82, 2.24) is 0 Å². The third-order valence-electron chi connectivity index (χ3n) is 2.35. The van der Waals surface area contributed by atoms with Gasteiger partial charge in [0.05, 0.1) is 12.7 Å². The Morgan fingerprint density at radius 3 is 2.50 bits per heavy atom. The van der Waals surface area contributed by atoms with E-state index in [1.807, 2.05) is 30.3 Å². The Labute approximate surface area is 115 Å². The van der Waals surface area contributed by atoms with Gasteiger partial charge in [-0.2, -0.15) is 5.26 Å². The van der Waals surface area contributed by atoms with Gasteiger partial charge in [0.25, 0.3) is 0 Å². The molecule has 0 N–H and O–H groups in total. The third-order valence-corrected chi connectivity index (χ3v) is 3.67. The molecule has 90 valence electrons. The molecule has 0 aliphatic rings. The van der Waals surface area contributed by atoms with Crippen LogP contribution >= 0.6 is 23.4 Å². The van der Waals surface area contributed by atoms with Crippen molar-refractivity contribution in [1.29, 1.82) is 5.26 Å². The van der Waals surface area contributed by atoms with Gasteiger partial charge in [-0.3, -0.25) is 0 Å². The summed E-state index contributed by atoms with van der Waals surface area (Å²) in [6.07, 6.45) is 0. The van der Waals surface area contributed by atoms with Crippen molar-refractivity contribution in [2.24, 2.45) is 0 Å². The molecule has 0 radical (unpaired) electrons. The highest BCUT2D eigenvalue weighted by Gasteiger charge is 2.05. The van der Waals surface area contributed by atoms with E-state index in [4.69, 9.17) is 21.6 Å². The quantitative estimate of drug-likeness (QED) is 0.834. The Morgan fingerprint density at radius 1 is 1.17 bits per heavy atom. The molecule has 0 aromatic heterocycles. The van der Waals surface area contributed by atoms with Crippen LogP contribution < -0.4 is 4.74 Å². The van der Waals surface area contributed by atoms with E-state index >= 15 is 0 Å². The summed E-state index contributed by atoms with van der Waals surface area (Å²) < 4.78 is 5.10. The lowest BCUT2D eigenvalue weighted by atomic mass is 10.2. The summed E-state index contributed by atoms with van der Waals surface area (Å²) in [5, 5.41) is 9.64. The molecule has 0 aliphatic heterocycles. The van der Waals surface area contributed by atoms with Gasteiger partial charge in [-0.05, 0) is 42.5 Å². The number of nitriles is 1. The van der Waals surface area contributed by atoms with Crippen LogP contribution in [0.5, 0.6) is 5.75 Å². The molecule has 0 aliphatic carbocycles. The SMILES string of the molecule is COc1ccc(Sc2ccc(Cl)cc2C#N)cc1. The molecule has 0 saturated heterocycles. The molecule has 4 heteroatoms. The number of methoxy groups -OCH3 is 1. The van der Waals surface area contributed by atoms with Crippen LogP contribution in [0.1, 0.15) is 5.56 Å². The average molecular weight is 276 g/mol. The predicted molar refractivity (Wildman–Crippen MR) is 73.3 cm³/mol. The van der Waals surface area contributed by atoms with Gasteiger partial charge in [-0.25, -0.2) is 0 Å². The first-order valence-electron chi connectivity index (χ1n) is 5.24. The van der Waals surface area contributed by atoms with E-state index < -0.39 is 0 Å². The zero-order valence-electron chi connectivity index (χ0n) is 9.68. The van der Waals surface area contributed by atoms with Crippen LogP contribution in [0, 0.1) is 11.3 Å². The van der Waals surface area contributed by atoms with Crippen molar-refractivity contribution in [3.8, 4) is 11.8 Å². The predicted octanol–water partition coefficient (Wildman–Crippen LogP) is 4.37. The number of hydrogen-bond acceptors (Lipinski definition) is 3. The monoisotopic (exact) mass is 275 g/mol. The minimum Gasteiger partial charge on any atom is -0.497 e. The summed E-state index contributed by atoms with van der Waals surface area (Å²) in [5.41, 5.74) is 0.586. The topological polar surface area (TPSA) is 33.0 Å². The minimum atomic E-state index is 0.575. The fraction of sp³-hybridized carbons (Fsp3) is 0.0714. The number of nitrogens with zero attached hydrogens (tertiary/aromatic N) is 1. The maximum atomic E-state index is 9.06. The second kappa shape index (κ2) is 5.81. The molecule has 0 spiro atoms. The van der Waals surface area contributed by atoms with E-state index in [2.05, 4.69) is 6.07 Å². The normalized spacial score (nSPS) is 9.83. The van der Waals surface area contributed by atoms with Crippen LogP contribution in [0.15, 0.2) is 52.3 Å². The maximum absolute atomic E-state index is 9.06. The minimum absolute atomic E-state index is 0.575. The zero-order valence-corrected chi connectivity index (χ0v) is 11.3. The fourth-order valence-electron chi connectivity index (χ4n) is 1.45. The van der Waals surface area contributed by atoms with Gasteiger partial charge in [0, 0.05) is 14.8 Å². The Hall–Kier alpha value is -1.63. The van der Waals surface area contributed by atoms with Gasteiger partial charge in [0.15, 0.2) is 0 Å². The Balaban J connectivity index is 2.25. The van der Waals surface area contributed by atoms with Crippen LogP contribution in [-0.4, -0.2) is 7.11 Å². The summed E-state index contributed by atoms with van der Waals surface area (Å²) in [5.74, 6) is 0.816. The van der Waals surface area contributed by atoms with Crippen molar-refractivity contribution in [2.45, 2.75) is 9.79 Å². The largest absolute Gasteiger partial charge is 0.497 e. The van der Waals surface area contributed by atoms with Crippen molar-refractivity contribution >= 4 is 23.4 Å². The van der Waals surface area contributed by atoms with Crippen molar-refractivity contribution < 1.29 is 4.74 Å². The molecule has 18 heavy (non-hydrogen) atoms. The molecule has 2 aromatic rings. The Kier molecular flexibility index (Phi) is 4.14. The molecule has 2 nitrogen and oxygen atoms in total. The zero-order chi connectivity index (χ0) is 13.0. The highest BCUT2D eigenvalue weighted by molar-refractivity contribution is 7.99. The molecule has 0 saturated carbocycles. The van der Waals surface area contributed by atoms with Crippen molar-refractivity contribution in [3.63, 3.8) is 0 Å². The standard InChI is InChI=1S/C14H10ClNOS/c1-17-12-3-5-13(6-4-12)18-14-7-2-11(15)8-10(14)9-16/h2-8H,1H3. The second-order valence-corrected chi connectivity index (χ2v) is 5.08. The molecule has 2 aromatic carbocycles. The number of benzene rings is 2. The molecule has 0 heterocycles. The second-order valence-electron chi connectivity index (χ2n) is 3.53. The fourth-order valence-corrected chi connectivity index (χ4v) is 2.50. The first kappa shape index (κ1) is 12.8. The molecule has 0 amide bonds. The van der Waals surface area contributed by atoms with Crippen LogP contribution in [0.25, 0.3) is 0 Å². The number of rotatable bonds is 3. The molecule has 0 bridgehead atoms. The molecule has 0 fully saturated rings. The van der Waals surface area contributed by atoms with Crippen LogP contribution in [-0.2, 0) is 0 Å². The maximum Gasteiger partial charge on any atom is 0.118 e. The summed E-state index contributed by atoms with van der Waals surface area (Å²) in [4.78, 5) is 1.95. The summed E-state index contributed by atoms with van der Waals surface area (Å²) >= 11 is 7.39. The highest BCUT2D eigenvalue weighted by atomic mass is 35.5. The lowest BCUT2D eigenvalue weighted by Crippen LogP contribution is -1.83. The number of ether oxygens (including phenoxy) is 1. The molecule has 0 unspecified atom stereocenters. The third kappa shape index (κ3) is 2.98.